The maximum atomic E-state index is 12.7. The second kappa shape index (κ2) is 7.71. The summed E-state index contributed by atoms with van der Waals surface area (Å²) in [5.41, 5.74) is 2.03. The summed E-state index contributed by atoms with van der Waals surface area (Å²) in [6, 6.07) is 16.0. The topological polar surface area (TPSA) is 88.7 Å². The minimum atomic E-state index is -0.718. The first-order valence-corrected chi connectivity index (χ1v) is 9.20. The third kappa shape index (κ3) is 3.67. The van der Waals surface area contributed by atoms with Crippen molar-refractivity contribution in [2.45, 2.75) is 12.5 Å². The molecule has 0 spiro atoms. The first-order chi connectivity index (χ1) is 14.1. The molecule has 0 saturated heterocycles. The van der Waals surface area contributed by atoms with Gasteiger partial charge in [-0.05, 0) is 29.7 Å². The highest BCUT2D eigenvalue weighted by Gasteiger charge is 2.27. The lowest BCUT2D eigenvalue weighted by Crippen LogP contribution is -2.36. The molecule has 7 nitrogen and oxygen atoms in total. The van der Waals surface area contributed by atoms with E-state index in [-0.39, 0.29) is 18.2 Å². The Hall–Kier alpha value is -3.74. The molecule has 29 heavy (non-hydrogen) atoms. The molecule has 2 amide bonds. The molecule has 0 aromatic heterocycles. The minimum absolute atomic E-state index is 0.0451. The van der Waals surface area contributed by atoms with Gasteiger partial charge in [-0.25, -0.2) is 0 Å². The van der Waals surface area contributed by atoms with Gasteiger partial charge in [0.15, 0.2) is 0 Å². The number of carbonyl (C=O) groups is 2. The Morgan fingerprint density at radius 2 is 1.79 bits per heavy atom. The van der Waals surface area contributed by atoms with Crippen molar-refractivity contribution in [1.29, 1.82) is 0 Å². The monoisotopic (exact) mass is 391 g/mol. The summed E-state index contributed by atoms with van der Waals surface area (Å²) in [4.78, 5) is 25.4. The number of carbonyl (C=O) groups excluding carboxylic acids is 2. The van der Waals surface area contributed by atoms with Gasteiger partial charge in [-0.2, -0.15) is 0 Å². The number of hydrogen-bond donors (Lipinski definition) is 3. The molecule has 1 aliphatic rings. The number of ether oxygens (including phenoxy) is 2. The molecular formula is C22H21N3O4. The van der Waals surface area contributed by atoms with Crippen molar-refractivity contribution in [3.8, 4) is 11.5 Å². The van der Waals surface area contributed by atoms with Crippen LogP contribution < -0.4 is 25.4 Å². The summed E-state index contributed by atoms with van der Waals surface area (Å²) in [6.07, 6.45) is -0.0451. The summed E-state index contributed by atoms with van der Waals surface area (Å²) in [7, 11) is 3.07. The third-order valence-electron chi connectivity index (χ3n) is 4.88. The largest absolute Gasteiger partial charge is 0.497 e. The molecule has 0 radical (unpaired) electrons. The lowest BCUT2D eigenvalue weighted by Gasteiger charge is -2.17. The Morgan fingerprint density at radius 1 is 1.03 bits per heavy atom. The van der Waals surface area contributed by atoms with E-state index in [0.29, 0.717) is 17.2 Å². The van der Waals surface area contributed by atoms with Crippen LogP contribution in [-0.2, 0) is 9.59 Å². The Morgan fingerprint density at radius 3 is 2.52 bits per heavy atom. The SMILES string of the molecule is COc1ccc(OC)c(NC(=O)C[C@H]2Nc3cccc4cccc(c34)NC2=O)c1. The van der Waals surface area contributed by atoms with E-state index in [1.54, 1.807) is 25.3 Å². The van der Waals surface area contributed by atoms with E-state index in [1.807, 2.05) is 36.4 Å². The Bertz CT molecular complexity index is 1090. The zero-order valence-electron chi connectivity index (χ0n) is 16.1. The fourth-order valence-electron chi connectivity index (χ4n) is 3.48. The number of benzene rings is 3. The van der Waals surface area contributed by atoms with Gasteiger partial charge in [-0.15, -0.1) is 0 Å². The molecule has 1 heterocycles. The standard InChI is InChI=1S/C22H21N3O4/c1-28-14-9-10-19(29-2)17(11-14)24-20(26)12-18-22(27)25-16-8-4-6-13-5-3-7-15(23-18)21(13)16/h3-11,18,23H,12H2,1-2H3,(H,24,26)(H,25,27)/t18-/m1/s1. The number of nitrogens with one attached hydrogen (secondary N) is 3. The van der Waals surface area contributed by atoms with E-state index in [9.17, 15) is 9.59 Å². The second-order valence-electron chi connectivity index (χ2n) is 6.71. The van der Waals surface area contributed by atoms with Gasteiger partial charge in [0, 0.05) is 17.1 Å². The van der Waals surface area contributed by atoms with E-state index >= 15 is 0 Å². The number of hydrogen-bond acceptors (Lipinski definition) is 5. The van der Waals surface area contributed by atoms with Crippen molar-refractivity contribution >= 4 is 39.6 Å². The van der Waals surface area contributed by atoms with Crippen LogP contribution in [0.3, 0.4) is 0 Å². The maximum absolute atomic E-state index is 12.7. The zero-order valence-corrected chi connectivity index (χ0v) is 16.1. The van der Waals surface area contributed by atoms with Crippen molar-refractivity contribution in [2.24, 2.45) is 0 Å². The van der Waals surface area contributed by atoms with E-state index in [0.717, 1.165) is 22.1 Å². The average Bonchev–Trinajstić information content (AvgIpc) is 2.86. The molecule has 4 rings (SSSR count). The quantitative estimate of drug-likeness (QED) is 0.618. The van der Waals surface area contributed by atoms with Crippen LogP contribution in [0.2, 0.25) is 0 Å². The van der Waals surface area contributed by atoms with E-state index in [4.69, 9.17) is 9.47 Å². The fourth-order valence-corrected chi connectivity index (χ4v) is 3.48. The Labute approximate surface area is 168 Å². The highest BCUT2D eigenvalue weighted by Crippen LogP contribution is 2.34. The lowest BCUT2D eigenvalue weighted by molar-refractivity contribution is -0.121. The lowest BCUT2D eigenvalue weighted by atomic mass is 10.1. The molecule has 0 saturated carbocycles. The van der Waals surface area contributed by atoms with E-state index < -0.39 is 6.04 Å². The molecule has 7 heteroatoms. The second-order valence-corrected chi connectivity index (χ2v) is 6.71. The highest BCUT2D eigenvalue weighted by molar-refractivity contribution is 6.13. The van der Waals surface area contributed by atoms with Crippen molar-refractivity contribution in [3.63, 3.8) is 0 Å². The van der Waals surface area contributed by atoms with Crippen molar-refractivity contribution in [2.75, 3.05) is 30.2 Å². The molecule has 3 aromatic carbocycles. The molecule has 0 unspecified atom stereocenters. The van der Waals surface area contributed by atoms with Gasteiger partial charge >= 0.3 is 0 Å². The first kappa shape index (κ1) is 18.6. The predicted octanol–water partition coefficient (Wildman–Crippen LogP) is 3.62. The highest BCUT2D eigenvalue weighted by atomic mass is 16.5. The summed E-state index contributed by atoms with van der Waals surface area (Å²) >= 11 is 0. The molecule has 0 fully saturated rings. The molecule has 148 valence electrons. The third-order valence-corrected chi connectivity index (χ3v) is 4.88. The van der Waals surface area contributed by atoms with Crippen LogP contribution >= 0.6 is 0 Å². The summed E-state index contributed by atoms with van der Waals surface area (Å²) in [5, 5.41) is 10.9. The summed E-state index contributed by atoms with van der Waals surface area (Å²) in [6.45, 7) is 0. The van der Waals surface area contributed by atoms with Gasteiger partial charge in [-0.3, -0.25) is 9.59 Å². The minimum Gasteiger partial charge on any atom is -0.497 e. The first-order valence-electron chi connectivity index (χ1n) is 9.20. The van der Waals surface area contributed by atoms with E-state index in [1.165, 1.54) is 7.11 Å². The van der Waals surface area contributed by atoms with Gasteiger partial charge in [0.1, 0.15) is 17.5 Å². The van der Waals surface area contributed by atoms with Gasteiger partial charge in [0.05, 0.1) is 32.0 Å². The van der Waals surface area contributed by atoms with Crippen molar-refractivity contribution < 1.29 is 19.1 Å². The fraction of sp³-hybridized carbons (Fsp3) is 0.182. The van der Waals surface area contributed by atoms with Crippen LogP contribution in [0.1, 0.15) is 6.42 Å². The van der Waals surface area contributed by atoms with Crippen LogP contribution in [0.4, 0.5) is 17.1 Å². The van der Waals surface area contributed by atoms with Crippen molar-refractivity contribution in [3.05, 3.63) is 54.6 Å². The summed E-state index contributed by atoms with van der Waals surface area (Å²) in [5.74, 6) is 0.520. The number of anilines is 3. The van der Waals surface area contributed by atoms with Gasteiger partial charge < -0.3 is 25.4 Å². The van der Waals surface area contributed by atoms with Crippen LogP contribution in [0.25, 0.3) is 10.8 Å². The van der Waals surface area contributed by atoms with Crippen LogP contribution in [0.15, 0.2) is 54.6 Å². The Balaban J connectivity index is 1.56. The number of amides is 2. The van der Waals surface area contributed by atoms with Crippen molar-refractivity contribution in [1.82, 2.24) is 0 Å². The van der Waals surface area contributed by atoms with Gasteiger partial charge in [0.2, 0.25) is 11.8 Å². The molecule has 3 aromatic rings. The molecule has 0 bridgehead atoms. The molecule has 1 aliphatic heterocycles. The number of methoxy groups -OCH3 is 2. The molecule has 0 aliphatic carbocycles. The molecule has 1 atom stereocenters. The normalized spacial score (nSPS) is 15.1. The molecular weight excluding hydrogens is 370 g/mol. The van der Waals surface area contributed by atoms with Crippen LogP contribution in [0.5, 0.6) is 11.5 Å². The Kier molecular flexibility index (Phi) is 4.95. The smallest absolute Gasteiger partial charge is 0.247 e. The van der Waals surface area contributed by atoms with Crippen LogP contribution in [-0.4, -0.2) is 32.1 Å². The molecule has 3 N–H and O–H groups in total. The average molecular weight is 391 g/mol. The van der Waals surface area contributed by atoms with Crippen LogP contribution in [0, 0.1) is 0 Å². The summed E-state index contributed by atoms with van der Waals surface area (Å²) < 4.78 is 10.5. The predicted molar refractivity (Wildman–Crippen MR) is 113 cm³/mol. The van der Waals surface area contributed by atoms with Gasteiger partial charge in [0.25, 0.3) is 0 Å². The maximum Gasteiger partial charge on any atom is 0.247 e. The zero-order chi connectivity index (χ0) is 20.4. The van der Waals surface area contributed by atoms with E-state index in [2.05, 4.69) is 16.0 Å². The van der Waals surface area contributed by atoms with Gasteiger partial charge in [-0.1, -0.05) is 24.3 Å². The number of rotatable bonds is 5.